The van der Waals surface area contributed by atoms with Crippen LogP contribution in [0.2, 0.25) is 0 Å². The quantitative estimate of drug-likeness (QED) is 0.101. The molecule has 0 saturated carbocycles. The van der Waals surface area contributed by atoms with E-state index in [2.05, 4.69) is 287 Å². The number of hydrogen-bond acceptors (Lipinski definition) is 12. The average molecular weight is 1860 g/mol. The molecule has 678 valence electrons. The number of rotatable bonds is 14. The third-order valence-electron chi connectivity index (χ3n) is 27.3. The molecule has 0 fully saturated rings. The Bertz CT molecular complexity index is 9880. The standard InChI is InChI=1S/C50H31N5O.C47H30N4.C33H20N4O/c1-3-14-32(15-4-1)48-52-49(33-16-5-2-6-17-33)54-50(53-48)37-29-35(28-36(30-37)41-22-9-10-27-51-41)34-18-11-19-38(31-34)55-42-23-12-21-40-39-20-7-8-25-44(39)56-45-26-13-24-43(55)47(45)46(40)42;1-3-13-31(14-4-1)35-19-11-20-36(29-35)46-48-45(34-17-5-2-6-18-34)49-47(50-46)37-21-12-22-38(30-37)51-41-27-25-32-15-7-9-23-39(32)43(41)44-40-24-10-8-16-33(40)26-28-42(44)51;1-3-11-21(12-4-1)31-34-32(22-13-5-2-6-14-22)36-33(35-31)37-25-17-9-16-24-23-15-7-8-19-27(23)38-28-20-10-18-26(37)30(28)29(24)25/h1-31H;1-30H;1-20H. The summed E-state index contributed by atoms with van der Waals surface area (Å²) in [5, 5.41) is 16.4. The van der Waals surface area contributed by atoms with Gasteiger partial charge in [-0.2, -0.15) is 9.97 Å². The Kier molecular flexibility index (Phi) is 20.9. The molecule has 20 aromatic carbocycles. The van der Waals surface area contributed by atoms with Gasteiger partial charge in [0.25, 0.3) is 0 Å². The first kappa shape index (κ1) is 84.4. The molecule has 29 rings (SSSR count). The number of fused-ring (bicyclic) bond motifs is 11. The summed E-state index contributed by atoms with van der Waals surface area (Å²) in [6.07, 6.45) is 1.83. The van der Waals surface area contributed by atoms with Crippen molar-refractivity contribution in [3.05, 3.63) is 492 Å². The second kappa shape index (κ2) is 35.8. The van der Waals surface area contributed by atoms with Crippen molar-refractivity contribution in [1.82, 2.24) is 63.5 Å². The maximum Gasteiger partial charge on any atom is 0.238 e. The molecule has 9 aromatic heterocycles. The van der Waals surface area contributed by atoms with Gasteiger partial charge in [-0.25, -0.2) is 34.9 Å². The number of nitrogens with zero attached hydrogens (tertiary/aromatic N) is 13. The zero-order valence-corrected chi connectivity index (χ0v) is 77.9. The Morgan fingerprint density at radius 2 is 0.448 bits per heavy atom. The Morgan fingerprint density at radius 3 is 0.910 bits per heavy atom. The highest BCUT2D eigenvalue weighted by Gasteiger charge is 2.27. The lowest BCUT2D eigenvalue weighted by Gasteiger charge is -2.14. The first-order valence-corrected chi connectivity index (χ1v) is 48.4. The van der Waals surface area contributed by atoms with Gasteiger partial charge in [-0.3, -0.25) is 9.55 Å². The van der Waals surface area contributed by atoms with Gasteiger partial charge >= 0.3 is 0 Å². The van der Waals surface area contributed by atoms with E-state index in [0.717, 1.165) is 183 Å². The van der Waals surface area contributed by atoms with Gasteiger partial charge in [0.2, 0.25) is 5.95 Å². The molecular formula is C130H81N13O2. The molecule has 0 unspecified atom stereocenters. The summed E-state index contributed by atoms with van der Waals surface area (Å²) in [6.45, 7) is 0. The van der Waals surface area contributed by atoms with Crippen molar-refractivity contribution < 1.29 is 8.83 Å². The molecular weight excluding hydrogens is 1780 g/mol. The SMILES string of the molecule is c1ccc(-c2cccc(-c3nc(-c4ccccc4)nc(-c4cccc(-n5c6ccc7ccccc7c6c6c7ccccc7ccc65)c4)n3)c2)cc1.c1ccc(-c2nc(-c3ccccc3)nc(-c3cc(-c4cccc(-n5c6cccc7oc8ccccc8c8cccc5c8c76)c4)cc(-c4ccccn4)c3)n2)cc1.c1ccc(-c2nc(-c3ccccc3)nc(-n3c4cccc5oc6ccccc6c6cccc3c6c54)n2)cc1. The maximum absolute atomic E-state index is 6.61. The predicted molar refractivity (Wildman–Crippen MR) is 590 cm³/mol. The number of pyridine rings is 1. The molecule has 0 N–H and O–H groups in total. The summed E-state index contributed by atoms with van der Waals surface area (Å²) in [4.78, 5) is 50.0. The normalized spacial score (nSPS) is 11.6. The Morgan fingerprint density at radius 1 is 0.159 bits per heavy atom. The van der Waals surface area contributed by atoms with Crippen LogP contribution in [0.3, 0.4) is 0 Å². The molecule has 0 atom stereocenters. The molecule has 0 saturated heterocycles. The fourth-order valence-corrected chi connectivity index (χ4v) is 20.8. The minimum Gasteiger partial charge on any atom is -0.456 e. The van der Waals surface area contributed by atoms with Crippen LogP contribution in [-0.4, -0.2) is 63.5 Å². The van der Waals surface area contributed by atoms with E-state index in [0.29, 0.717) is 52.5 Å². The zero-order valence-electron chi connectivity index (χ0n) is 77.9. The summed E-state index contributed by atoms with van der Waals surface area (Å²) in [5.74, 6) is 5.55. The van der Waals surface area contributed by atoms with Crippen LogP contribution >= 0.6 is 0 Å². The van der Waals surface area contributed by atoms with Crippen molar-refractivity contribution in [1.29, 1.82) is 0 Å². The smallest absolute Gasteiger partial charge is 0.238 e. The van der Waals surface area contributed by atoms with Crippen LogP contribution in [0, 0.1) is 0 Å². The molecule has 0 spiro atoms. The van der Waals surface area contributed by atoms with Gasteiger partial charge in [-0.15, -0.1) is 0 Å². The molecule has 0 aliphatic heterocycles. The number of para-hydroxylation sites is 2. The van der Waals surface area contributed by atoms with E-state index < -0.39 is 0 Å². The summed E-state index contributed by atoms with van der Waals surface area (Å²) < 4.78 is 20.0. The Balaban J connectivity index is 0.000000110. The van der Waals surface area contributed by atoms with Crippen LogP contribution in [0.25, 0.3) is 273 Å². The van der Waals surface area contributed by atoms with Crippen LogP contribution in [-0.2, 0) is 0 Å². The largest absolute Gasteiger partial charge is 0.456 e. The third kappa shape index (κ3) is 15.3. The van der Waals surface area contributed by atoms with Crippen molar-refractivity contribution in [3.63, 3.8) is 0 Å². The average Bonchev–Trinajstić information content (AvgIpc) is 1.56. The van der Waals surface area contributed by atoms with Crippen LogP contribution < -0.4 is 0 Å². The van der Waals surface area contributed by atoms with Gasteiger partial charge in [-0.1, -0.05) is 364 Å². The van der Waals surface area contributed by atoms with E-state index in [1.54, 1.807) is 0 Å². The maximum atomic E-state index is 6.61. The second-order valence-electron chi connectivity index (χ2n) is 36.1. The van der Waals surface area contributed by atoms with E-state index in [-0.39, 0.29) is 0 Å². The Hall–Kier alpha value is -19.9. The molecule has 145 heavy (non-hydrogen) atoms. The highest BCUT2D eigenvalue weighted by atomic mass is 16.3. The van der Waals surface area contributed by atoms with Crippen molar-refractivity contribution in [2.75, 3.05) is 0 Å². The molecule has 0 amide bonds. The van der Waals surface area contributed by atoms with Gasteiger partial charge in [0, 0.05) is 100.0 Å². The van der Waals surface area contributed by atoms with E-state index >= 15 is 0 Å². The van der Waals surface area contributed by atoms with Crippen LogP contribution in [0.1, 0.15) is 0 Å². The molecule has 0 radical (unpaired) electrons. The molecule has 0 aliphatic rings. The lowest BCUT2D eigenvalue weighted by Crippen LogP contribution is -2.06. The van der Waals surface area contributed by atoms with Crippen LogP contribution in [0.15, 0.2) is 500 Å². The minimum atomic E-state index is 0.570. The van der Waals surface area contributed by atoms with Crippen LogP contribution in [0.5, 0.6) is 0 Å². The lowest BCUT2D eigenvalue weighted by molar-refractivity contribution is 0.663. The van der Waals surface area contributed by atoms with Gasteiger partial charge in [0.15, 0.2) is 46.6 Å². The minimum absolute atomic E-state index is 0.570. The van der Waals surface area contributed by atoms with Crippen molar-refractivity contribution in [2.24, 2.45) is 0 Å². The lowest BCUT2D eigenvalue weighted by atomic mass is 9.97. The molecule has 15 heteroatoms. The molecule has 0 aliphatic carbocycles. The summed E-state index contributed by atoms with van der Waals surface area (Å²) in [6, 6.07) is 167. The van der Waals surface area contributed by atoms with Gasteiger partial charge in [-0.05, 0) is 176 Å². The Labute approximate surface area is 831 Å². The molecule has 15 nitrogen and oxygen atoms in total. The van der Waals surface area contributed by atoms with Gasteiger partial charge in [0.1, 0.15) is 22.3 Å². The second-order valence-corrected chi connectivity index (χ2v) is 36.1. The van der Waals surface area contributed by atoms with Crippen molar-refractivity contribution >= 4 is 131 Å². The van der Waals surface area contributed by atoms with Crippen LogP contribution in [0.4, 0.5) is 0 Å². The number of benzene rings is 20. The first-order valence-electron chi connectivity index (χ1n) is 48.4. The fourth-order valence-electron chi connectivity index (χ4n) is 20.8. The third-order valence-corrected chi connectivity index (χ3v) is 27.3. The number of aromatic nitrogens is 13. The van der Waals surface area contributed by atoms with E-state index in [1.807, 2.05) is 219 Å². The monoisotopic (exact) mass is 1860 g/mol. The molecule has 29 aromatic rings. The van der Waals surface area contributed by atoms with E-state index in [4.69, 9.17) is 58.7 Å². The summed E-state index contributed by atoms with van der Waals surface area (Å²) >= 11 is 0. The zero-order chi connectivity index (χ0) is 95.8. The molecule has 9 heterocycles. The van der Waals surface area contributed by atoms with Gasteiger partial charge < -0.3 is 18.0 Å². The summed E-state index contributed by atoms with van der Waals surface area (Å²) in [7, 11) is 0. The highest BCUT2D eigenvalue weighted by Crippen LogP contribution is 2.47. The summed E-state index contributed by atoms with van der Waals surface area (Å²) in [5.41, 5.74) is 25.6. The van der Waals surface area contributed by atoms with E-state index in [9.17, 15) is 0 Å². The van der Waals surface area contributed by atoms with Gasteiger partial charge in [0.05, 0.1) is 49.6 Å². The molecule has 0 bridgehead atoms. The van der Waals surface area contributed by atoms with Crippen molar-refractivity contribution in [2.45, 2.75) is 0 Å². The topological polar surface area (TPSA) is 170 Å². The fraction of sp³-hybridized carbons (Fsp3) is 0. The first-order chi connectivity index (χ1) is 71.9. The number of hydrogen-bond donors (Lipinski definition) is 0. The van der Waals surface area contributed by atoms with E-state index in [1.165, 1.54) is 37.7 Å². The van der Waals surface area contributed by atoms with Crippen molar-refractivity contribution in [3.8, 4) is 142 Å². The highest BCUT2D eigenvalue weighted by molar-refractivity contribution is 6.30. The predicted octanol–water partition coefficient (Wildman–Crippen LogP) is 32.7.